The van der Waals surface area contributed by atoms with Crippen LogP contribution in [0.4, 0.5) is 5.82 Å². The van der Waals surface area contributed by atoms with Crippen molar-refractivity contribution >= 4 is 27.4 Å². The first-order valence-corrected chi connectivity index (χ1v) is 7.02. The first-order chi connectivity index (χ1) is 7.72. The molecule has 1 aromatic rings. The van der Waals surface area contributed by atoms with E-state index in [-0.39, 0.29) is 27.2 Å². The van der Waals surface area contributed by atoms with E-state index in [1.807, 2.05) is 13.8 Å². The lowest BCUT2D eigenvalue weighted by atomic mass is 10.2. The minimum atomic E-state index is -3.56. The second-order valence-corrected chi connectivity index (χ2v) is 7.03. The molecule has 0 saturated heterocycles. The van der Waals surface area contributed by atoms with Crippen molar-refractivity contribution in [3.63, 3.8) is 0 Å². The summed E-state index contributed by atoms with van der Waals surface area (Å²) in [5, 5.41) is 0.142. The predicted molar refractivity (Wildman–Crippen MR) is 66.2 cm³/mol. The zero-order valence-electron chi connectivity index (χ0n) is 9.57. The molecule has 1 fully saturated rings. The van der Waals surface area contributed by atoms with E-state index < -0.39 is 10.0 Å². The van der Waals surface area contributed by atoms with Crippen LogP contribution < -0.4 is 10.5 Å². The molecule has 1 unspecified atom stereocenters. The van der Waals surface area contributed by atoms with Gasteiger partial charge in [-0.3, -0.25) is 0 Å². The summed E-state index contributed by atoms with van der Waals surface area (Å²) in [6, 6.07) is 1.28. The van der Waals surface area contributed by atoms with Crippen LogP contribution in [0, 0.1) is 5.41 Å². The van der Waals surface area contributed by atoms with Gasteiger partial charge in [0.2, 0.25) is 10.0 Å². The van der Waals surface area contributed by atoms with E-state index >= 15 is 0 Å². The van der Waals surface area contributed by atoms with Crippen molar-refractivity contribution in [3.05, 3.63) is 17.3 Å². The fourth-order valence-corrected chi connectivity index (χ4v) is 3.11. The molecule has 94 valence electrons. The highest BCUT2D eigenvalue weighted by atomic mass is 35.5. The Morgan fingerprint density at radius 3 is 2.65 bits per heavy atom. The SMILES string of the molecule is CC1(C)CC1NS(=O)(=O)c1cnc(N)c(Cl)c1. The highest BCUT2D eigenvalue weighted by Gasteiger charge is 2.47. The topological polar surface area (TPSA) is 85.1 Å². The normalized spacial score (nSPS) is 22.4. The first-order valence-electron chi connectivity index (χ1n) is 5.16. The van der Waals surface area contributed by atoms with E-state index in [0.717, 1.165) is 6.42 Å². The predicted octanol–water partition coefficient (Wildman–Crippen LogP) is 1.39. The summed E-state index contributed by atoms with van der Waals surface area (Å²) in [5.74, 6) is 0.123. The first kappa shape index (κ1) is 12.6. The average Bonchev–Trinajstić information content (AvgIpc) is 2.77. The van der Waals surface area contributed by atoms with Gasteiger partial charge < -0.3 is 5.73 Å². The molecule has 0 amide bonds. The molecule has 7 heteroatoms. The van der Waals surface area contributed by atoms with Gasteiger partial charge in [0.25, 0.3) is 0 Å². The Kier molecular flexibility index (Phi) is 2.84. The molecule has 1 atom stereocenters. The molecule has 1 aliphatic carbocycles. The van der Waals surface area contributed by atoms with E-state index in [0.29, 0.717) is 0 Å². The Morgan fingerprint density at radius 1 is 1.59 bits per heavy atom. The van der Waals surface area contributed by atoms with E-state index in [1.54, 1.807) is 0 Å². The second kappa shape index (κ2) is 3.83. The molecule has 17 heavy (non-hydrogen) atoms. The third-order valence-electron chi connectivity index (χ3n) is 2.97. The van der Waals surface area contributed by atoms with Crippen LogP contribution in [0.25, 0.3) is 0 Å². The minimum absolute atomic E-state index is 0.0242. The molecule has 0 aliphatic heterocycles. The Morgan fingerprint density at radius 2 is 2.18 bits per heavy atom. The smallest absolute Gasteiger partial charge is 0.242 e. The van der Waals surface area contributed by atoms with Crippen molar-refractivity contribution in [1.29, 1.82) is 0 Å². The quantitative estimate of drug-likeness (QED) is 0.873. The number of hydrogen-bond acceptors (Lipinski definition) is 4. The zero-order valence-corrected chi connectivity index (χ0v) is 11.1. The van der Waals surface area contributed by atoms with Gasteiger partial charge in [-0.1, -0.05) is 25.4 Å². The van der Waals surface area contributed by atoms with Gasteiger partial charge in [-0.25, -0.2) is 18.1 Å². The van der Waals surface area contributed by atoms with Gasteiger partial charge in [-0.15, -0.1) is 0 Å². The van der Waals surface area contributed by atoms with Crippen LogP contribution in [-0.2, 0) is 10.0 Å². The molecular formula is C10H14ClN3O2S. The number of sulfonamides is 1. The van der Waals surface area contributed by atoms with Crippen molar-refractivity contribution in [2.24, 2.45) is 5.41 Å². The molecule has 5 nitrogen and oxygen atoms in total. The van der Waals surface area contributed by atoms with E-state index in [2.05, 4.69) is 9.71 Å². The third-order valence-corrected chi connectivity index (χ3v) is 4.71. The number of aromatic nitrogens is 1. The maximum absolute atomic E-state index is 12.0. The van der Waals surface area contributed by atoms with Crippen molar-refractivity contribution in [3.8, 4) is 0 Å². The number of halogens is 1. The van der Waals surface area contributed by atoms with Gasteiger partial charge in [-0.2, -0.15) is 0 Å². The van der Waals surface area contributed by atoms with Crippen LogP contribution in [0.3, 0.4) is 0 Å². The van der Waals surface area contributed by atoms with E-state index in [9.17, 15) is 8.42 Å². The summed E-state index contributed by atoms with van der Waals surface area (Å²) in [6.07, 6.45) is 2.04. The molecule has 1 aromatic heterocycles. The van der Waals surface area contributed by atoms with Gasteiger partial charge in [-0.05, 0) is 17.9 Å². The monoisotopic (exact) mass is 275 g/mol. The summed E-state index contributed by atoms with van der Waals surface area (Å²) in [4.78, 5) is 3.78. The highest BCUT2D eigenvalue weighted by molar-refractivity contribution is 7.89. The largest absolute Gasteiger partial charge is 0.382 e. The van der Waals surface area contributed by atoms with Crippen molar-refractivity contribution in [1.82, 2.24) is 9.71 Å². The summed E-state index contributed by atoms with van der Waals surface area (Å²) in [5.41, 5.74) is 5.46. The third kappa shape index (κ3) is 2.53. The molecule has 1 saturated carbocycles. The molecule has 0 bridgehead atoms. The molecule has 1 heterocycles. The van der Waals surface area contributed by atoms with E-state index in [1.165, 1.54) is 12.3 Å². The Hall–Kier alpha value is -0.850. The van der Waals surface area contributed by atoms with Gasteiger partial charge in [0.15, 0.2) is 0 Å². The number of anilines is 1. The molecule has 0 spiro atoms. The fourth-order valence-electron chi connectivity index (χ4n) is 1.50. The highest BCUT2D eigenvalue weighted by Crippen LogP contribution is 2.45. The van der Waals surface area contributed by atoms with Crippen LogP contribution in [0.1, 0.15) is 20.3 Å². The maximum Gasteiger partial charge on any atom is 0.242 e. The second-order valence-electron chi connectivity index (χ2n) is 4.90. The van der Waals surface area contributed by atoms with Gasteiger partial charge in [0.05, 0.1) is 5.02 Å². The van der Waals surface area contributed by atoms with Crippen molar-refractivity contribution < 1.29 is 8.42 Å². The number of nitrogens with two attached hydrogens (primary N) is 1. The zero-order chi connectivity index (χ0) is 12.8. The van der Waals surface area contributed by atoms with Gasteiger partial charge >= 0.3 is 0 Å². The Bertz CT molecular complexity index is 557. The Balaban J connectivity index is 2.23. The molecule has 3 N–H and O–H groups in total. The van der Waals surface area contributed by atoms with Gasteiger partial charge in [0.1, 0.15) is 10.7 Å². The molecule has 1 aliphatic rings. The van der Waals surface area contributed by atoms with Crippen LogP contribution in [0.15, 0.2) is 17.2 Å². The standard InChI is InChI=1S/C10H14ClN3O2S/c1-10(2)4-8(10)14-17(15,16)6-3-7(11)9(12)13-5-6/h3,5,8,14H,4H2,1-2H3,(H2,12,13). The minimum Gasteiger partial charge on any atom is -0.382 e. The lowest BCUT2D eigenvalue weighted by Gasteiger charge is -2.08. The summed E-state index contributed by atoms with van der Waals surface area (Å²) < 4.78 is 26.6. The summed E-state index contributed by atoms with van der Waals surface area (Å²) in [6.45, 7) is 4.02. The number of hydrogen-bond donors (Lipinski definition) is 2. The maximum atomic E-state index is 12.0. The molecule has 2 rings (SSSR count). The number of rotatable bonds is 3. The summed E-state index contributed by atoms with van der Waals surface area (Å²) >= 11 is 5.75. The fraction of sp³-hybridized carbons (Fsp3) is 0.500. The Labute approximate surface area is 105 Å². The summed E-state index contributed by atoms with van der Waals surface area (Å²) in [7, 11) is -3.56. The molecular weight excluding hydrogens is 262 g/mol. The van der Waals surface area contributed by atoms with Crippen LogP contribution in [0.5, 0.6) is 0 Å². The van der Waals surface area contributed by atoms with Crippen LogP contribution >= 0.6 is 11.6 Å². The molecule has 0 aromatic carbocycles. The average molecular weight is 276 g/mol. The van der Waals surface area contributed by atoms with Crippen LogP contribution in [0.2, 0.25) is 5.02 Å². The number of nitrogens with zero attached hydrogens (tertiary/aromatic N) is 1. The molecule has 0 radical (unpaired) electrons. The lowest BCUT2D eigenvalue weighted by molar-refractivity contribution is 0.554. The van der Waals surface area contributed by atoms with Crippen LogP contribution in [-0.4, -0.2) is 19.4 Å². The van der Waals surface area contributed by atoms with Gasteiger partial charge in [0, 0.05) is 12.2 Å². The van der Waals surface area contributed by atoms with Crippen molar-refractivity contribution in [2.75, 3.05) is 5.73 Å². The number of nitrogens with one attached hydrogen (secondary N) is 1. The number of pyridine rings is 1. The van der Waals surface area contributed by atoms with Crippen molar-refractivity contribution in [2.45, 2.75) is 31.2 Å². The lowest BCUT2D eigenvalue weighted by Crippen LogP contribution is -2.28. The number of nitrogen functional groups attached to an aromatic ring is 1. The van der Waals surface area contributed by atoms with E-state index in [4.69, 9.17) is 17.3 Å².